The average Bonchev–Trinajstić information content (AvgIpc) is 2.17. The second-order valence-electron chi connectivity index (χ2n) is 3.06. The lowest BCUT2D eigenvalue weighted by atomic mass is 10.0. The van der Waals surface area contributed by atoms with E-state index in [9.17, 15) is 4.79 Å². The molecule has 2 nitrogen and oxygen atoms in total. The van der Waals surface area contributed by atoms with Gasteiger partial charge in [-0.3, -0.25) is 4.79 Å². The van der Waals surface area contributed by atoms with Gasteiger partial charge in [-0.2, -0.15) is 0 Å². The van der Waals surface area contributed by atoms with Gasteiger partial charge in [0.25, 0.3) is 0 Å². The van der Waals surface area contributed by atoms with Gasteiger partial charge in [-0.15, -0.1) is 0 Å². The minimum Gasteiger partial charge on any atom is -0.466 e. The van der Waals surface area contributed by atoms with Crippen molar-refractivity contribution in [3.63, 3.8) is 0 Å². The van der Waals surface area contributed by atoms with Crippen LogP contribution in [0.4, 0.5) is 0 Å². The average molecular weight is 180 g/mol. The van der Waals surface area contributed by atoms with Crippen LogP contribution < -0.4 is 0 Å². The fraction of sp³-hybridized carbons (Fsp3) is 0.545. The summed E-state index contributed by atoms with van der Waals surface area (Å²) in [5.41, 5.74) is 1.26. The number of hydrogen-bond donors (Lipinski definition) is 0. The Morgan fingerprint density at radius 3 is 3.00 bits per heavy atom. The SMILES string of the molecule is CCOC(=O)CCC1=CCCC=C1. The lowest BCUT2D eigenvalue weighted by Gasteiger charge is -2.06. The van der Waals surface area contributed by atoms with Crippen LogP contribution in [0.15, 0.2) is 23.8 Å². The Kier molecular flexibility index (Phi) is 4.30. The molecule has 0 aliphatic heterocycles. The van der Waals surface area contributed by atoms with Crippen molar-refractivity contribution in [3.05, 3.63) is 23.8 Å². The van der Waals surface area contributed by atoms with Crippen molar-refractivity contribution in [1.82, 2.24) is 0 Å². The van der Waals surface area contributed by atoms with Gasteiger partial charge in [-0.25, -0.2) is 0 Å². The Bertz CT molecular complexity index is 226. The van der Waals surface area contributed by atoms with Crippen LogP contribution in [0.3, 0.4) is 0 Å². The number of esters is 1. The van der Waals surface area contributed by atoms with Crippen LogP contribution in [0.5, 0.6) is 0 Å². The van der Waals surface area contributed by atoms with Crippen molar-refractivity contribution in [2.75, 3.05) is 6.61 Å². The van der Waals surface area contributed by atoms with Crippen LogP contribution in [-0.4, -0.2) is 12.6 Å². The minimum atomic E-state index is -0.0950. The smallest absolute Gasteiger partial charge is 0.306 e. The van der Waals surface area contributed by atoms with E-state index in [2.05, 4.69) is 18.2 Å². The summed E-state index contributed by atoms with van der Waals surface area (Å²) in [6.07, 6.45) is 10.00. The topological polar surface area (TPSA) is 26.3 Å². The van der Waals surface area contributed by atoms with E-state index in [0.717, 1.165) is 19.3 Å². The van der Waals surface area contributed by atoms with E-state index in [-0.39, 0.29) is 5.97 Å². The van der Waals surface area contributed by atoms with Crippen molar-refractivity contribution in [3.8, 4) is 0 Å². The van der Waals surface area contributed by atoms with Gasteiger partial charge >= 0.3 is 5.97 Å². The molecule has 0 bridgehead atoms. The molecule has 0 N–H and O–H groups in total. The summed E-state index contributed by atoms with van der Waals surface area (Å²) in [7, 11) is 0. The highest BCUT2D eigenvalue weighted by atomic mass is 16.5. The minimum absolute atomic E-state index is 0.0950. The molecule has 0 saturated carbocycles. The maximum atomic E-state index is 11.0. The fourth-order valence-corrected chi connectivity index (χ4v) is 1.33. The number of allylic oxidation sites excluding steroid dienone is 4. The van der Waals surface area contributed by atoms with Gasteiger partial charge in [0.1, 0.15) is 0 Å². The summed E-state index contributed by atoms with van der Waals surface area (Å²) in [6, 6.07) is 0. The van der Waals surface area contributed by atoms with Crippen molar-refractivity contribution in [2.24, 2.45) is 0 Å². The van der Waals surface area contributed by atoms with Crippen LogP contribution in [0, 0.1) is 0 Å². The molecular weight excluding hydrogens is 164 g/mol. The Morgan fingerprint density at radius 2 is 2.38 bits per heavy atom. The highest BCUT2D eigenvalue weighted by Gasteiger charge is 2.03. The van der Waals surface area contributed by atoms with Gasteiger partial charge in [-0.05, 0) is 26.2 Å². The van der Waals surface area contributed by atoms with E-state index in [1.807, 2.05) is 6.92 Å². The zero-order valence-corrected chi connectivity index (χ0v) is 8.08. The predicted molar refractivity (Wildman–Crippen MR) is 52.3 cm³/mol. The second-order valence-corrected chi connectivity index (χ2v) is 3.06. The standard InChI is InChI=1S/C11H16O2/c1-2-13-11(12)9-8-10-6-4-3-5-7-10/h4,6-7H,2-3,5,8-9H2,1H3. The van der Waals surface area contributed by atoms with Gasteiger partial charge in [-0.1, -0.05) is 23.8 Å². The molecule has 2 heteroatoms. The van der Waals surface area contributed by atoms with E-state index >= 15 is 0 Å². The zero-order valence-electron chi connectivity index (χ0n) is 8.08. The molecule has 0 amide bonds. The molecule has 0 heterocycles. The molecule has 1 rings (SSSR count). The summed E-state index contributed by atoms with van der Waals surface area (Å²) in [5.74, 6) is -0.0950. The van der Waals surface area contributed by atoms with Gasteiger partial charge < -0.3 is 4.74 Å². The highest BCUT2D eigenvalue weighted by Crippen LogP contribution is 2.14. The first-order valence-corrected chi connectivity index (χ1v) is 4.84. The van der Waals surface area contributed by atoms with Gasteiger partial charge in [0.2, 0.25) is 0 Å². The Balaban J connectivity index is 2.22. The van der Waals surface area contributed by atoms with E-state index in [1.54, 1.807) is 0 Å². The third-order valence-electron chi connectivity index (χ3n) is 1.99. The first-order chi connectivity index (χ1) is 6.33. The largest absolute Gasteiger partial charge is 0.466 e. The molecule has 13 heavy (non-hydrogen) atoms. The molecule has 0 unspecified atom stereocenters. The molecule has 0 aromatic heterocycles. The van der Waals surface area contributed by atoms with Crippen molar-refractivity contribution >= 4 is 5.97 Å². The maximum Gasteiger partial charge on any atom is 0.306 e. The molecule has 0 aromatic carbocycles. The number of carbonyl (C=O) groups excluding carboxylic acids is 1. The Labute approximate surface area is 79.3 Å². The first-order valence-electron chi connectivity index (χ1n) is 4.84. The molecule has 0 radical (unpaired) electrons. The summed E-state index contributed by atoms with van der Waals surface area (Å²) in [4.78, 5) is 11.0. The van der Waals surface area contributed by atoms with E-state index < -0.39 is 0 Å². The molecular formula is C11H16O2. The number of rotatable bonds is 4. The number of ether oxygens (including phenoxy) is 1. The molecule has 0 aromatic rings. The number of carbonyl (C=O) groups is 1. The normalized spacial score (nSPS) is 15.3. The molecule has 1 aliphatic carbocycles. The third kappa shape index (κ3) is 3.92. The van der Waals surface area contributed by atoms with E-state index in [1.165, 1.54) is 5.57 Å². The van der Waals surface area contributed by atoms with Crippen molar-refractivity contribution in [2.45, 2.75) is 32.6 Å². The molecule has 0 saturated heterocycles. The van der Waals surface area contributed by atoms with E-state index in [4.69, 9.17) is 4.74 Å². The van der Waals surface area contributed by atoms with E-state index in [0.29, 0.717) is 13.0 Å². The monoisotopic (exact) mass is 180 g/mol. The fourth-order valence-electron chi connectivity index (χ4n) is 1.33. The summed E-state index contributed by atoms with van der Waals surface area (Å²) in [5, 5.41) is 0. The second kappa shape index (κ2) is 5.57. The molecule has 0 atom stereocenters. The van der Waals surface area contributed by atoms with Crippen LogP contribution in [0.25, 0.3) is 0 Å². The molecule has 72 valence electrons. The lowest BCUT2D eigenvalue weighted by Crippen LogP contribution is -2.03. The molecule has 0 fully saturated rings. The lowest BCUT2D eigenvalue weighted by molar-refractivity contribution is -0.143. The maximum absolute atomic E-state index is 11.0. The number of hydrogen-bond acceptors (Lipinski definition) is 2. The Hall–Kier alpha value is -1.05. The molecule has 0 spiro atoms. The quantitative estimate of drug-likeness (QED) is 0.621. The van der Waals surface area contributed by atoms with Gasteiger partial charge in [0, 0.05) is 6.42 Å². The summed E-state index contributed by atoms with van der Waals surface area (Å²) in [6.45, 7) is 2.31. The summed E-state index contributed by atoms with van der Waals surface area (Å²) < 4.78 is 4.84. The predicted octanol–water partition coefficient (Wildman–Crippen LogP) is 2.61. The van der Waals surface area contributed by atoms with Crippen LogP contribution >= 0.6 is 0 Å². The highest BCUT2D eigenvalue weighted by molar-refractivity contribution is 5.69. The summed E-state index contributed by atoms with van der Waals surface area (Å²) >= 11 is 0. The van der Waals surface area contributed by atoms with Crippen molar-refractivity contribution < 1.29 is 9.53 Å². The third-order valence-corrected chi connectivity index (χ3v) is 1.99. The van der Waals surface area contributed by atoms with Crippen LogP contribution in [-0.2, 0) is 9.53 Å². The Morgan fingerprint density at radius 1 is 1.54 bits per heavy atom. The van der Waals surface area contributed by atoms with Crippen LogP contribution in [0.1, 0.15) is 32.6 Å². The molecule has 1 aliphatic rings. The van der Waals surface area contributed by atoms with Gasteiger partial charge in [0.05, 0.1) is 6.61 Å². The van der Waals surface area contributed by atoms with Gasteiger partial charge in [0.15, 0.2) is 0 Å². The zero-order chi connectivity index (χ0) is 9.52. The van der Waals surface area contributed by atoms with Crippen molar-refractivity contribution in [1.29, 1.82) is 0 Å². The first kappa shape index (κ1) is 10.0. The van der Waals surface area contributed by atoms with Crippen LogP contribution in [0.2, 0.25) is 0 Å².